The summed E-state index contributed by atoms with van der Waals surface area (Å²) in [5, 5.41) is 9.98. The highest BCUT2D eigenvalue weighted by atomic mass is 16.2. The first kappa shape index (κ1) is 16.7. The third-order valence-corrected chi connectivity index (χ3v) is 4.92. The van der Waals surface area contributed by atoms with Gasteiger partial charge in [-0.05, 0) is 48.9 Å². The fourth-order valence-electron chi connectivity index (χ4n) is 3.33. The molecule has 1 fully saturated rings. The molecular formula is C19H26N4O. The second-order valence-electron chi connectivity index (χ2n) is 6.70. The van der Waals surface area contributed by atoms with Crippen LogP contribution in [0.3, 0.4) is 0 Å². The van der Waals surface area contributed by atoms with Crippen LogP contribution in [-0.4, -0.2) is 47.2 Å². The van der Waals surface area contributed by atoms with Crippen molar-refractivity contribution < 1.29 is 4.79 Å². The van der Waals surface area contributed by atoms with Crippen LogP contribution >= 0.6 is 0 Å². The number of nitrogens with one attached hydrogen (secondary N) is 2. The Balaban J connectivity index is 1.38. The second kappa shape index (κ2) is 8.11. The molecule has 24 heavy (non-hydrogen) atoms. The van der Waals surface area contributed by atoms with Crippen molar-refractivity contribution in [3.8, 4) is 0 Å². The van der Waals surface area contributed by atoms with Crippen molar-refractivity contribution in [1.29, 1.82) is 0 Å². The molecule has 0 spiro atoms. The smallest absolute Gasteiger partial charge is 0.234 e. The Kier molecular flexibility index (Phi) is 5.64. The molecule has 2 aromatic rings. The first-order valence-corrected chi connectivity index (χ1v) is 8.75. The third-order valence-electron chi connectivity index (χ3n) is 4.92. The Hall–Kier alpha value is -2.14. The van der Waals surface area contributed by atoms with Gasteiger partial charge in [-0.1, -0.05) is 37.3 Å². The fraction of sp³-hybridized carbons (Fsp3) is 0.474. The molecule has 1 aromatic carbocycles. The number of H-pyrrole nitrogens is 1. The Morgan fingerprint density at radius 1 is 1.33 bits per heavy atom. The van der Waals surface area contributed by atoms with Crippen molar-refractivity contribution in [2.24, 2.45) is 0 Å². The molecule has 0 unspecified atom stereocenters. The molecule has 128 valence electrons. The summed E-state index contributed by atoms with van der Waals surface area (Å²) >= 11 is 0. The van der Waals surface area contributed by atoms with Gasteiger partial charge < -0.3 is 5.32 Å². The van der Waals surface area contributed by atoms with E-state index < -0.39 is 0 Å². The van der Waals surface area contributed by atoms with E-state index in [1.54, 1.807) is 0 Å². The van der Waals surface area contributed by atoms with Gasteiger partial charge >= 0.3 is 0 Å². The zero-order chi connectivity index (χ0) is 16.8. The fourth-order valence-corrected chi connectivity index (χ4v) is 3.33. The summed E-state index contributed by atoms with van der Waals surface area (Å²) < 4.78 is 0. The molecule has 2 N–H and O–H groups in total. The van der Waals surface area contributed by atoms with Gasteiger partial charge in [0.15, 0.2) is 0 Å². The number of benzene rings is 1. The number of likely N-dealkylation sites (tertiary alicyclic amines) is 1. The van der Waals surface area contributed by atoms with Gasteiger partial charge in [0.1, 0.15) is 0 Å². The van der Waals surface area contributed by atoms with Crippen LogP contribution in [0.4, 0.5) is 0 Å². The average Bonchev–Trinajstić information content (AvgIpc) is 3.16. The Morgan fingerprint density at radius 3 is 2.75 bits per heavy atom. The maximum absolute atomic E-state index is 12.2. The molecule has 1 amide bonds. The molecular weight excluding hydrogens is 300 g/mol. The number of nitrogens with zero attached hydrogens (tertiary/aromatic N) is 2. The summed E-state index contributed by atoms with van der Waals surface area (Å²) in [4.78, 5) is 14.4. The summed E-state index contributed by atoms with van der Waals surface area (Å²) in [6.45, 7) is 5.27. The molecule has 0 radical (unpaired) electrons. The minimum absolute atomic E-state index is 0.125. The minimum atomic E-state index is 0.125. The summed E-state index contributed by atoms with van der Waals surface area (Å²) in [5.74, 6) is 1.03. The van der Waals surface area contributed by atoms with E-state index in [1.165, 1.54) is 11.1 Å². The van der Waals surface area contributed by atoms with Crippen LogP contribution in [0.25, 0.3) is 0 Å². The summed E-state index contributed by atoms with van der Waals surface area (Å²) in [6, 6.07) is 10.3. The van der Waals surface area contributed by atoms with Crippen molar-refractivity contribution in [2.45, 2.75) is 31.6 Å². The van der Waals surface area contributed by atoms with Gasteiger partial charge in [-0.15, -0.1) is 0 Å². The number of hydrogen-bond donors (Lipinski definition) is 2. The van der Waals surface area contributed by atoms with Gasteiger partial charge in [-0.3, -0.25) is 14.8 Å². The van der Waals surface area contributed by atoms with Gasteiger partial charge in [0.05, 0.1) is 12.7 Å². The highest BCUT2D eigenvalue weighted by molar-refractivity contribution is 5.78. The number of amides is 1. The van der Waals surface area contributed by atoms with Crippen LogP contribution < -0.4 is 5.32 Å². The molecule has 1 aromatic heterocycles. The van der Waals surface area contributed by atoms with E-state index >= 15 is 0 Å². The van der Waals surface area contributed by atoms with E-state index in [4.69, 9.17) is 0 Å². The van der Waals surface area contributed by atoms with Gasteiger partial charge in [0.25, 0.3) is 0 Å². The van der Waals surface area contributed by atoms with E-state index in [1.807, 2.05) is 30.6 Å². The normalized spacial score (nSPS) is 17.5. The maximum Gasteiger partial charge on any atom is 0.234 e. The molecule has 5 nitrogen and oxygen atoms in total. The van der Waals surface area contributed by atoms with E-state index in [0.29, 0.717) is 24.9 Å². The number of hydrogen-bond acceptors (Lipinski definition) is 3. The molecule has 1 aliphatic rings. The summed E-state index contributed by atoms with van der Waals surface area (Å²) in [7, 11) is 0. The number of carbonyl (C=O) groups is 1. The van der Waals surface area contributed by atoms with Crippen LogP contribution in [0.1, 0.15) is 42.7 Å². The van der Waals surface area contributed by atoms with E-state index in [0.717, 1.165) is 25.9 Å². The Morgan fingerprint density at radius 2 is 2.08 bits per heavy atom. The van der Waals surface area contributed by atoms with Gasteiger partial charge in [0, 0.05) is 12.7 Å². The monoisotopic (exact) mass is 326 g/mol. The lowest BCUT2D eigenvalue weighted by atomic mass is 9.91. The number of aromatic amines is 1. The highest BCUT2D eigenvalue weighted by Gasteiger charge is 2.22. The molecule has 1 saturated heterocycles. The molecule has 1 aliphatic heterocycles. The predicted molar refractivity (Wildman–Crippen MR) is 94.9 cm³/mol. The van der Waals surface area contributed by atoms with Gasteiger partial charge in [-0.2, -0.15) is 5.10 Å². The van der Waals surface area contributed by atoms with Crippen molar-refractivity contribution in [2.75, 3.05) is 26.2 Å². The summed E-state index contributed by atoms with van der Waals surface area (Å²) in [6.07, 6.45) is 6.08. The van der Waals surface area contributed by atoms with E-state index in [9.17, 15) is 4.79 Å². The molecule has 0 saturated carbocycles. The van der Waals surface area contributed by atoms with E-state index in [-0.39, 0.29) is 5.91 Å². The number of carbonyl (C=O) groups excluding carboxylic acids is 1. The Labute approximate surface area is 143 Å². The van der Waals surface area contributed by atoms with Crippen LogP contribution in [-0.2, 0) is 4.79 Å². The largest absolute Gasteiger partial charge is 0.354 e. The predicted octanol–water partition coefficient (Wildman–Crippen LogP) is 2.51. The zero-order valence-corrected chi connectivity index (χ0v) is 14.2. The molecule has 3 rings (SSSR count). The van der Waals surface area contributed by atoms with Crippen molar-refractivity contribution in [1.82, 2.24) is 20.4 Å². The Bertz CT molecular complexity index is 618. The molecule has 0 bridgehead atoms. The molecule has 2 heterocycles. The zero-order valence-electron chi connectivity index (χ0n) is 14.2. The highest BCUT2D eigenvalue weighted by Crippen LogP contribution is 2.26. The molecule has 0 aliphatic carbocycles. The van der Waals surface area contributed by atoms with Crippen LogP contribution in [0, 0.1) is 0 Å². The van der Waals surface area contributed by atoms with E-state index in [2.05, 4.69) is 39.5 Å². The topological polar surface area (TPSA) is 61.0 Å². The van der Waals surface area contributed by atoms with Crippen molar-refractivity contribution in [3.63, 3.8) is 0 Å². The van der Waals surface area contributed by atoms with Gasteiger partial charge in [-0.25, -0.2) is 0 Å². The van der Waals surface area contributed by atoms with Crippen molar-refractivity contribution in [3.05, 3.63) is 53.9 Å². The number of rotatable bonds is 6. The number of piperidine rings is 1. The number of aromatic nitrogens is 2. The lowest BCUT2D eigenvalue weighted by Gasteiger charge is -2.31. The van der Waals surface area contributed by atoms with Crippen molar-refractivity contribution >= 4 is 5.91 Å². The first-order chi connectivity index (χ1) is 11.7. The SMILES string of the molecule is C[C@H](CNC(=O)CN1CCC(c2cn[nH]c2)CC1)c1ccccc1. The minimum Gasteiger partial charge on any atom is -0.354 e. The average molecular weight is 326 g/mol. The molecule has 1 atom stereocenters. The lowest BCUT2D eigenvalue weighted by molar-refractivity contribution is -0.122. The maximum atomic E-state index is 12.2. The standard InChI is InChI=1S/C19H26N4O/c1-15(16-5-3-2-4-6-16)11-20-19(24)14-23-9-7-17(8-10-23)18-12-21-22-13-18/h2-6,12-13,15,17H,7-11,14H2,1H3,(H,20,24)(H,21,22)/t15-/m1/s1. The summed E-state index contributed by atoms with van der Waals surface area (Å²) in [5.41, 5.74) is 2.55. The third kappa shape index (κ3) is 4.45. The van der Waals surface area contributed by atoms with Crippen LogP contribution in [0.15, 0.2) is 42.7 Å². The van der Waals surface area contributed by atoms with Gasteiger partial charge in [0.2, 0.25) is 5.91 Å². The second-order valence-corrected chi connectivity index (χ2v) is 6.70. The molecule has 5 heteroatoms. The van der Waals surface area contributed by atoms with Crippen LogP contribution in [0.2, 0.25) is 0 Å². The van der Waals surface area contributed by atoms with Crippen LogP contribution in [0.5, 0.6) is 0 Å². The quantitative estimate of drug-likeness (QED) is 0.857. The lowest BCUT2D eigenvalue weighted by Crippen LogP contribution is -2.41. The first-order valence-electron chi connectivity index (χ1n) is 8.75.